The van der Waals surface area contributed by atoms with Crippen molar-refractivity contribution in [3.8, 4) is 0 Å². The van der Waals surface area contributed by atoms with E-state index in [1.165, 1.54) is 30.5 Å². The lowest BCUT2D eigenvalue weighted by Crippen LogP contribution is -2.35. The average molecular weight is 653 g/mol. The predicted molar refractivity (Wildman–Crippen MR) is 166 cm³/mol. The first-order valence-electron chi connectivity index (χ1n) is 15.1. The molecule has 1 unspecified atom stereocenters. The van der Waals surface area contributed by atoms with Gasteiger partial charge in [-0.05, 0) is 42.7 Å². The van der Waals surface area contributed by atoms with Crippen LogP contribution in [0.1, 0.15) is 34.7 Å². The SMILES string of the molecule is O=C(Nc1ccc(N[C@H]2CCN(C(=O)Nc3ccccc3F)C2)nc1)c1oc(NC2CCN(Cc3ccccc3)C2)nc1C(F)(F)F. The van der Waals surface area contributed by atoms with Crippen LogP contribution in [0.25, 0.3) is 0 Å². The van der Waals surface area contributed by atoms with E-state index in [4.69, 9.17) is 4.42 Å². The van der Waals surface area contributed by atoms with Gasteiger partial charge < -0.3 is 30.6 Å². The monoisotopic (exact) mass is 652 g/mol. The Morgan fingerprint density at radius 3 is 2.38 bits per heavy atom. The molecule has 246 valence electrons. The maximum absolute atomic E-state index is 13.9. The number of oxazole rings is 1. The third-order valence-corrected chi connectivity index (χ3v) is 7.92. The summed E-state index contributed by atoms with van der Waals surface area (Å²) in [5.41, 5.74) is -0.0570. The maximum atomic E-state index is 13.9. The van der Waals surface area contributed by atoms with Gasteiger partial charge in [0.15, 0.2) is 5.69 Å². The van der Waals surface area contributed by atoms with Gasteiger partial charge >= 0.3 is 12.2 Å². The zero-order valence-corrected chi connectivity index (χ0v) is 25.1. The molecule has 2 aromatic heterocycles. The molecule has 47 heavy (non-hydrogen) atoms. The number of aromatic nitrogens is 2. The van der Waals surface area contributed by atoms with Crippen LogP contribution in [0.5, 0.6) is 0 Å². The Hall–Kier alpha value is -5.18. The number of nitrogens with zero attached hydrogens (tertiary/aromatic N) is 4. The molecule has 4 N–H and O–H groups in total. The van der Waals surface area contributed by atoms with Crippen LogP contribution in [0, 0.1) is 5.82 Å². The number of para-hydroxylation sites is 1. The standard InChI is InChI=1S/C32H32F4N8O3/c33-24-8-4-5-9-25(24)41-31(46)44-15-13-23(19-44)38-26-11-10-21(16-37-26)39-29(45)27-28(32(34,35)36)42-30(47-27)40-22-12-14-43(18-22)17-20-6-2-1-3-7-20/h1-11,16,22-23H,12-15,17-19H2,(H,37,38)(H,39,45)(H,40,42)(H,41,46)/t22?,23-/m0/s1. The summed E-state index contributed by atoms with van der Waals surface area (Å²) in [7, 11) is 0. The molecule has 4 heterocycles. The second kappa shape index (κ2) is 13.7. The Morgan fingerprint density at radius 1 is 0.894 bits per heavy atom. The number of pyridine rings is 1. The smallest absolute Gasteiger partial charge is 0.418 e. The van der Waals surface area contributed by atoms with Gasteiger partial charge in [-0.2, -0.15) is 18.2 Å². The number of hydrogen-bond acceptors (Lipinski definition) is 8. The van der Waals surface area contributed by atoms with Gasteiger partial charge in [0.25, 0.3) is 11.9 Å². The quantitative estimate of drug-likeness (QED) is 0.165. The number of halogens is 4. The molecular formula is C32H32F4N8O3. The van der Waals surface area contributed by atoms with Crippen molar-refractivity contribution in [1.29, 1.82) is 0 Å². The van der Waals surface area contributed by atoms with Gasteiger partial charge in [0, 0.05) is 44.8 Å². The number of anilines is 4. The summed E-state index contributed by atoms with van der Waals surface area (Å²) in [6, 6.07) is 17.6. The van der Waals surface area contributed by atoms with Gasteiger partial charge in [-0.25, -0.2) is 14.2 Å². The fourth-order valence-electron chi connectivity index (χ4n) is 5.61. The van der Waals surface area contributed by atoms with Crippen molar-refractivity contribution in [2.24, 2.45) is 0 Å². The fraction of sp³-hybridized carbons (Fsp3) is 0.312. The van der Waals surface area contributed by atoms with E-state index < -0.39 is 35.4 Å². The van der Waals surface area contributed by atoms with Crippen LogP contribution in [0.4, 0.5) is 45.6 Å². The summed E-state index contributed by atoms with van der Waals surface area (Å²) in [5, 5.41) is 11.0. The predicted octanol–water partition coefficient (Wildman–Crippen LogP) is 5.88. The number of benzene rings is 2. The summed E-state index contributed by atoms with van der Waals surface area (Å²) in [5.74, 6) is -2.17. The Bertz CT molecular complexity index is 1700. The molecule has 2 aromatic carbocycles. The summed E-state index contributed by atoms with van der Waals surface area (Å²) in [6.45, 7) is 2.81. The van der Waals surface area contributed by atoms with Crippen molar-refractivity contribution < 1.29 is 31.6 Å². The molecule has 6 rings (SSSR count). The van der Waals surface area contributed by atoms with Crippen molar-refractivity contribution in [2.45, 2.75) is 37.6 Å². The van der Waals surface area contributed by atoms with Crippen molar-refractivity contribution in [2.75, 3.05) is 47.4 Å². The number of carbonyl (C=O) groups excluding carboxylic acids is 2. The van der Waals surface area contributed by atoms with E-state index in [0.717, 1.165) is 12.1 Å². The molecule has 3 amide bonds. The summed E-state index contributed by atoms with van der Waals surface area (Å²) in [6.07, 6.45) is -2.35. The molecule has 0 saturated carbocycles. The van der Waals surface area contributed by atoms with Crippen LogP contribution < -0.4 is 21.3 Å². The summed E-state index contributed by atoms with van der Waals surface area (Å²) in [4.78, 5) is 37.0. The molecule has 15 heteroatoms. The zero-order valence-electron chi connectivity index (χ0n) is 25.1. The third kappa shape index (κ3) is 7.98. The van der Waals surface area contributed by atoms with Gasteiger partial charge in [0.1, 0.15) is 11.6 Å². The van der Waals surface area contributed by atoms with E-state index in [1.54, 1.807) is 17.0 Å². The van der Waals surface area contributed by atoms with Crippen molar-refractivity contribution in [3.05, 3.63) is 95.8 Å². The van der Waals surface area contributed by atoms with Crippen LogP contribution in [0.15, 0.2) is 77.3 Å². The molecule has 2 aliphatic heterocycles. The van der Waals surface area contributed by atoms with Crippen LogP contribution in [-0.2, 0) is 12.7 Å². The highest BCUT2D eigenvalue weighted by Gasteiger charge is 2.42. The molecule has 2 fully saturated rings. The topological polar surface area (TPSA) is 128 Å². The fourth-order valence-corrected chi connectivity index (χ4v) is 5.61. The van der Waals surface area contributed by atoms with Gasteiger partial charge in [0.2, 0.25) is 5.76 Å². The Morgan fingerprint density at radius 2 is 1.64 bits per heavy atom. The average Bonchev–Trinajstić information content (AvgIpc) is 3.80. The molecule has 4 aromatic rings. The molecule has 2 aliphatic rings. The van der Waals surface area contributed by atoms with Crippen LogP contribution in [0.3, 0.4) is 0 Å². The zero-order chi connectivity index (χ0) is 33.0. The molecule has 0 radical (unpaired) electrons. The van der Waals surface area contributed by atoms with Gasteiger partial charge in [-0.15, -0.1) is 0 Å². The number of carbonyl (C=O) groups is 2. The molecule has 11 nitrogen and oxygen atoms in total. The molecular weight excluding hydrogens is 620 g/mol. The maximum Gasteiger partial charge on any atom is 0.437 e. The van der Waals surface area contributed by atoms with Crippen molar-refractivity contribution in [3.63, 3.8) is 0 Å². The van der Waals surface area contributed by atoms with E-state index in [-0.39, 0.29) is 29.5 Å². The number of nitrogens with one attached hydrogen (secondary N) is 4. The van der Waals surface area contributed by atoms with Crippen LogP contribution >= 0.6 is 0 Å². The van der Waals surface area contributed by atoms with E-state index in [0.29, 0.717) is 44.8 Å². The largest absolute Gasteiger partial charge is 0.437 e. The highest BCUT2D eigenvalue weighted by Crippen LogP contribution is 2.34. The Balaban J connectivity index is 1.02. The Kier molecular flexibility index (Phi) is 9.24. The molecule has 0 bridgehead atoms. The van der Waals surface area contributed by atoms with Crippen molar-refractivity contribution in [1.82, 2.24) is 19.8 Å². The van der Waals surface area contributed by atoms with E-state index in [1.807, 2.05) is 30.3 Å². The lowest BCUT2D eigenvalue weighted by atomic mass is 10.2. The number of urea groups is 1. The summed E-state index contributed by atoms with van der Waals surface area (Å²) >= 11 is 0. The normalized spacial score (nSPS) is 18.3. The lowest BCUT2D eigenvalue weighted by molar-refractivity contribution is -0.141. The van der Waals surface area contributed by atoms with Crippen LogP contribution in [-0.4, -0.2) is 70.0 Å². The highest BCUT2D eigenvalue weighted by molar-refractivity contribution is 6.03. The van der Waals surface area contributed by atoms with Crippen LogP contribution in [0.2, 0.25) is 0 Å². The first-order chi connectivity index (χ1) is 22.6. The second-order valence-corrected chi connectivity index (χ2v) is 11.4. The number of hydrogen-bond donors (Lipinski definition) is 4. The minimum Gasteiger partial charge on any atom is -0.418 e. The molecule has 2 atom stereocenters. The molecule has 2 saturated heterocycles. The lowest BCUT2D eigenvalue weighted by Gasteiger charge is -2.18. The number of amides is 3. The number of rotatable bonds is 9. The van der Waals surface area contributed by atoms with E-state index in [2.05, 4.69) is 36.1 Å². The van der Waals surface area contributed by atoms with Gasteiger partial charge in [-0.3, -0.25) is 9.69 Å². The third-order valence-electron chi connectivity index (χ3n) is 7.92. The minimum absolute atomic E-state index is 0.0908. The molecule has 0 aliphatic carbocycles. The minimum atomic E-state index is -4.92. The second-order valence-electron chi connectivity index (χ2n) is 11.4. The van der Waals surface area contributed by atoms with E-state index in [9.17, 15) is 27.2 Å². The number of alkyl halides is 3. The van der Waals surface area contributed by atoms with Gasteiger partial charge in [0.05, 0.1) is 17.6 Å². The summed E-state index contributed by atoms with van der Waals surface area (Å²) < 4.78 is 60.7. The highest BCUT2D eigenvalue weighted by atomic mass is 19.4. The van der Waals surface area contributed by atoms with Crippen molar-refractivity contribution >= 4 is 35.1 Å². The number of likely N-dealkylation sites (tertiary alicyclic amines) is 2. The van der Waals surface area contributed by atoms with E-state index >= 15 is 0 Å². The first kappa shape index (κ1) is 31.8. The molecule has 0 spiro atoms. The van der Waals surface area contributed by atoms with Gasteiger partial charge in [-0.1, -0.05) is 42.5 Å². The first-order valence-corrected chi connectivity index (χ1v) is 15.1. The Labute approximate surface area is 267 Å².